The monoisotopic (exact) mass is 228 g/mol. The van der Waals surface area contributed by atoms with Gasteiger partial charge in [0.15, 0.2) is 0 Å². The van der Waals surface area contributed by atoms with E-state index in [0.717, 1.165) is 12.1 Å². The van der Waals surface area contributed by atoms with Crippen molar-refractivity contribution in [1.29, 1.82) is 0 Å². The van der Waals surface area contributed by atoms with Crippen molar-refractivity contribution in [3.63, 3.8) is 0 Å². The molecule has 1 aliphatic heterocycles. The summed E-state index contributed by atoms with van der Waals surface area (Å²) in [7, 11) is 0. The van der Waals surface area contributed by atoms with Gasteiger partial charge >= 0.3 is 0 Å². The van der Waals surface area contributed by atoms with Crippen molar-refractivity contribution < 1.29 is 0 Å². The minimum Gasteiger partial charge on any atom is -0.386 e. The Hall–Kier alpha value is -0.860. The molecule has 0 unspecified atom stereocenters. The Balaban J connectivity index is 2.37. The topological polar surface area (TPSA) is 38.0 Å². The van der Waals surface area contributed by atoms with Crippen LogP contribution in [-0.4, -0.2) is 6.54 Å². The zero-order valence-electron chi connectivity index (χ0n) is 7.43. The summed E-state index contributed by atoms with van der Waals surface area (Å²) >= 11 is 12.0. The number of nitrogens with two attached hydrogens (primary N) is 1. The fraction of sp³-hybridized carbons (Fsp3) is 0.200. The summed E-state index contributed by atoms with van der Waals surface area (Å²) in [4.78, 5) is 0. The first kappa shape index (κ1) is 9.69. The summed E-state index contributed by atoms with van der Waals surface area (Å²) in [5.41, 5.74) is 6.65. The fourth-order valence-corrected chi connectivity index (χ4v) is 2.02. The van der Waals surface area contributed by atoms with Gasteiger partial charge in [0.05, 0.1) is 15.9 Å². The van der Waals surface area contributed by atoms with Crippen LogP contribution >= 0.6 is 23.2 Å². The second-order valence-electron chi connectivity index (χ2n) is 3.25. The van der Waals surface area contributed by atoms with Crippen molar-refractivity contribution in [3.8, 4) is 0 Å². The second kappa shape index (κ2) is 3.71. The molecule has 0 aliphatic carbocycles. The fourth-order valence-electron chi connectivity index (χ4n) is 1.57. The lowest BCUT2D eigenvalue weighted by atomic mass is 10.0. The van der Waals surface area contributed by atoms with Gasteiger partial charge in [-0.3, -0.25) is 0 Å². The van der Waals surface area contributed by atoms with Gasteiger partial charge in [0.2, 0.25) is 0 Å². The zero-order valence-corrected chi connectivity index (χ0v) is 8.94. The molecule has 0 amide bonds. The number of hydrogen-bond acceptors (Lipinski definition) is 2. The predicted octanol–water partition coefficient (Wildman–Crippen LogP) is 2.48. The molecule has 1 atom stereocenters. The van der Waals surface area contributed by atoms with Crippen LogP contribution in [0.4, 0.5) is 0 Å². The van der Waals surface area contributed by atoms with Crippen molar-refractivity contribution in [2.75, 3.05) is 6.54 Å². The minimum absolute atomic E-state index is 0.223. The normalized spacial score (nSPS) is 20.4. The maximum atomic E-state index is 6.09. The molecule has 0 bridgehead atoms. The van der Waals surface area contributed by atoms with E-state index in [2.05, 4.69) is 5.32 Å². The maximum Gasteiger partial charge on any atom is 0.0926 e. The van der Waals surface area contributed by atoms with E-state index in [-0.39, 0.29) is 5.92 Å². The highest BCUT2D eigenvalue weighted by molar-refractivity contribution is 6.42. The zero-order chi connectivity index (χ0) is 10.1. The molecule has 1 aliphatic rings. The van der Waals surface area contributed by atoms with Crippen LogP contribution in [0.5, 0.6) is 0 Å². The molecule has 1 heterocycles. The van der Waals surface area contributed by atoms with Crippen molar-refractivity contribution in [2.24, 2.45) is 5.73 Å². The average molecular weight is 229 g/mol. The molecule has 14 heavy (non-hydrogen) atoms. The molecule has 0 fully saturated rings. The summed E-state index contributed by atoms with van der Waals surface area (Å²) in [5.74, 6) is 0.923. The Morgan fingerprint density at radius 3 is 2.79 bits per heavy atom. The molecular formula is C10H10Cl2N2. The lowest BCUT2D eigenvalue weighted by Gasteiger charge is -2.10. The molecular weight excluding hydrogens is 219 g/mol. The van der Waals surface area contributed by atoms with Crippen molar-refractivity contribution in [3.05, 3.63) is 45.7 Å². The highest BCUT2D eigenvalue weighted by Crippen LogP contribution is 2.32. The summed E-state index contributed by atoms with van der Waals surface area (Å²) < 4.78 is 0. The van der Waals surface area contributed by atoms with Crippen LogP contribution in [-0.2, 0) is 0 Å². The molecule has 2 nitrogen and oxygen atoms in total. The SMILES string of the molecule is NC1=C[C@@H](c2cccc(Cl)c2Cl)CN1. The van der Waals surface area contributed by atoms with Gasteiger partial charge in [-0.15, -0.1) is 0 Å². The predicted molar refractivity (Wildman–Crippen MR) is 59.5 cm³/mol. The minimum atomic E-state index is 0.223. The summed E-state index contributed by atoms with van der Waals surface area (Å²) in [6, 6.07) is 5.64. The second-order valence-corrected chi connectivity index (χ2v) is 4.04. The number of nitrogens with one attached hydrogen (secondary N) is 1. The summed E-state index contributed by atoms with van der Waals surface area (Å²) in [6.07, 6.45) is 1.96. The van der Waals surface area contributed by atoms with E-state index in [4.69, 9.17) is 28.9 Å². The number of benzene rings is 1. The molecule has 4 heteroatoms. The van der Waals surface area contributed by atoms with Gasteiger partial charge < -0.3 is 11.1 Å². The molecule has 0 saturated heterocycles. The lowest BCUT2D eigenvalue weighted by Crippen LogP contribution is -2.16. The average Bonchev–Trinajstić information content (AvgIpc) is 2.57. The highest BCUT2D eigenvalue weighted by atomic mass is 35.5. The van der Waals surface area contributed by atoms with Crippen LogP contribution in [0, 0.1) is 0 Å². The van der Waals surface area contributed by atoms with E-state index in [1.807, 2.05) is 18.2 Å². The van der Waals surface area contributed by atoms with Gasteiger partial charge in [-0.25, -0.2) is 0 Å². The van der Waals surface area contributed by atoms with Gasteiger partial charge in [-0.2, -0.15) is 0 Å². The Morgan fingerprint density at radius 2 is 2.14 bits per heavy atom. The molecule has 0 radical (unpaired) electrons. The lowest BCUT2D eigenvalue weighted by molar-refractivity contribution is 0.791. The van der Waals surface area contributed by atoms with Crippen LogP contribution in [0.25, 0.3) is 0 Å². The first-order chi connectivity index (χ1) is 6.68. The van der Waals surface area contributed by atoms with Crippen LogP contribution in [0.2, 0.25) is 10.0 Å². The summed E-state index contributed by atoms with van der Waals surface area (Å²) in [6.45, 7) is 0.784. The van der Waals surface area contributed by atoms with Gasteiger partial charge in [0.1, 0.15) is 0 Å². The van der Waals surface area contributed by atoms with E-state index in [0.29, 0.717) is 15.9 Å². The first-order valence-electron chi connectivity index (χ1n) is 4.33. The quantitative estimate of drug-likeness (QED) is 0.776. The largest absolute Gasteiger partial charge is 0.386 e. The van der Waals surface area contributed by atoms with Gasteiger partial charge in [0.25, 0.3) is 0 Å². The van der Waals surface area contributed by atoms with E-state index in [1.54, 1.807) is 6.07 Å². The van der Waals surface area contributed by atoms with Gasteiger partial charge in [-0.05, 0) is 17.7 Å². The van der Waals surface area contributed by atoms with Crippen molar-refractivity contribution in [2.45, 2.75) is 5.92 Å². The highest BCUT2D eigenvalue weighted by Gasteiger charge is 2.18. The van der Waals surface area contributed by atoms with Gasteiger partial charge in [0, 0.05) is 12.5 Å². The van der Waals surface area contributed by atoms with E-state index >= 15 is 0 Å². The van der Waals surface area contributed by atoms with Gasteiger partial charge in [-0.1, -0.05) is 35.3 Å². The van der Waals surface area contributed by atoms with Crippen molar-refractivity contribution in [1.82, 2.24) is 5.32 Å². The van der Waals surface area contributed by atoms with Crippen LogP contribution < -0.4 is 11.1 Å². The molecule has 3 N–H and O–H groups in total. The van der Waals surface area contributed by atoms with Crippen LogP contribution in [0.3, 0.4) is 0 Å². The molecule has 0 aromatic heterocycles. The Kier molecular flexibility index (Phi) is 2.57. The van der Waals surface area contributed by atoms with E-state index in [9.17, 15) is 0 Å². The smallest absolute Gasteiger partial charge is 0.0926 e. The number of rotatable bonds is 1. The Labute approximate surface area is 92.7 Å². The standard InChI is InChI=1S/C10H10Cl2N2/c11-8-3-1-2-7(10(8)12)6-4-9(13)14-5-6/h1-4,6,14H,5,13H2/t6-/m1/s1. The third-order valence-electron chi connectivity index (χ3n) is 2.29. The molecule has 74 valence electrons. The first-order valence-corrected chi connectivity index (χ1v) is 5.09. The third-order valence-corrected chi connectivity index (χ3v) is 3.12. The maximum absolute atomic E-state index is 6.09. The van der Waals surface area contributed by atoms with E-state index in [1.165, 1.54) is 0 Å². The molecule has 1 aromatic carbocycles. The molecule has 2 rings (SSSR count). The van der Waals surface area contributed by atoms with Crippen LogP contribution in [0.15, 0.2) is 30.1 Å². The van der Waals surface area contributed by atoms with E-state index < -0.39 is 0 Å². The molecule has 0 saturated carbocycles. The van der Waals surface area contributed by atoms with Crippen LogP contribution in [0.1, 0.15) is 11.5 Å². The molecule has 1 aromatic rings. The number of halogens is 2. The molecule has 0 spiro atoms. The summed E-state index contributed by atoms with van der Waals surface area (Å²) in [5, 5.41) is 4.26. The third kappa shape index (κ3) is 1.68. The van der Waals surface area contributed by atoms with Crippen molar-refractivity contribution >= 4 is 23.2 Å². The number of hydrogen-bond donors (Lipinski definition) is 2. The Morgan fingerprint density at radius 1 is 1.36 bits per heavy atom. The Bertz CT molecular complexity index is 388.